The number of nitrogens with one attached hydrogen (secondary N) is 1. The molecule has 0 radical (unpaired) electrons. The molecule has 1 fully saturated rings. The van der Waals surface area contributed by atoms with Gasteiger partial charge in [0.25, 0.3) is 5.91 Å². The Morgan fingerprint density at radius 1 is 1.00 bits per heavy atom. The molecule has 1 atom stereocenters. The van der Waals surface area contributed by atoms with Gasteiger partial charge in [0.05, 0.1) is 11.4 Å². The van der Waals surface area contributed by atoms with E-state index in [4.69, 9.17) is 4.42 Å². The van der Waals surface area contributed by atoms with Crippen molar-refractivity contribution in [3.63, 3.8) is 0 Å². The van der Waals surface area contributed by atoms with E-state index in [9.17, 15) is 9.59 Å². The maximum absolute atomic E-state index is 12.8. The summed E-state index contributed by atoms with van der Waals surface area (Å²) < 4.78 is 5.70. The summed E-state index contributed by atoms with van der Waals surface area (Å²) in [5.74, 6) is 0.179. The first-order valence-corrected chi connectivity index (χ1v) is 11.2. The van der Waals surface area contributed by atoms with Gasteiger partial charge in [0.15, 0.2) is 11.2 Å². The minimum atomic E-state index is -0.358. The lowest BCUT2D eigenvalue weighted by Crippen LogP contribution is -2.40. The van der Waals surface area contributed by atoms with E-state index in [1.165, 1.54) is 36.5 Å². The lowest BCUT2D eigenvalue weighted by molar-refractivity contribution is 0.0897. The molecule has 5 nitrogen and oxygen atoms in total. The Hall–Kier alpha value is -2.92. The predicted octanol–water partition coefficient (Wildman–Crippen LogP) is 4.87. The molecule has 0 aliphatic carbocycles. The topological polar surface area (TPSA) is 62.6 Å². The van der Waals surface area contributed by atoms with E-state index in [1.807, 2.05) is 0 Å². The summed E-state index contributed by atoms with van der Waals surface area (Å²) in [7, 11) is 0. The number of hydrogen-bond donors (Lipinski definition) is 1. The molecular formula is C26H30N2O3. The van der Waals surface area contributed by atoms with Gasteiger partial charge in [0.2, 0.25) is 0 Å². The second kappa shape index (κ2) is 9.48. The summed E-state index contributed by atoms with van der Waals surface area (Å²) in [4.78, 5) is 27.6. The van der Waals surface area contributed by atoms with Crippen LogP contribution in [0, 0.1) is 0 Å². The fourth-order valence-electron chi connectivity index (χ4n) is 4.28. The molecule has 1 aliphatic heterocycles. The molecule has 1 aliphatic rings. The van der Waals surface area contributed by atoms with E-state index >= 15 is 0 Å². The fraction of sp³-hybridized carbons (Fsp3) is 0.385. The first-order chi connectivity index (χ1) is 15.0. The monoisotopic (exact) mass is 418 g/mol. The number of likely N-dealkylation sites (tertiary alicyclic amines) is 1. The van der Waals surface area contributed by atoms with Gasteiger partial charge in [-0.2, -0.15) is 0 Å². The second-order valence-electron chi connectivity index (χ2n) is 8.61. The lowest BCUT2D eigenvalue weighted by atomic mass is 9.97. The standard InChI is InChI=1S/C26H30N2O3/c1-18(2)19-10-12-20(13-11-19)22(28-14-6-3-7-15-28)17-27-26(30)25-16-23(29)21-8-4-5-9-24(21)31-25/h4-5,8-13,16,18,22H,3,6-7,14-15,17H2,1-2H3,(H,27,30)/t22-/m0/s1. The summed E-state index contributed by atoms with van der Waals surface area (Å²) in [6, 6.07) is 17.1. The van der Waals surface area contributed by atoms with Gasteiger partial charge in [0, 0.05) is 12.6 Å². The van der Waals surface area contributed by atoms with Crippen molar-refractivity contribution in [3.05, 3.63) is 81.7 Å². The molecule has 2 aromatic carbocycles. The number of carbonyl (C=O) groups is 1. The van der Waals surface area contributed by atoms with Gasteiger partial charge in [-0.05, 0) is 55.1 Å². The van der Waals surface area contributed by atoms with Crippen molar-refractivity contribution in [1.29, 1.82) is 0 Å². The number of para-hydroxylation sites is 1. The highest BCUT2D eigenvalue weighted by Gasteiger charge is 2.24. The van der Waals surface area contributed by atoms with Crippen LogP contribution in [0.1, 0.15) is 66.8 Å². The van der Waals surface area contributed by atoms with Gasteiger partial charge in [-0.1, -0.05) is 56.7 Å². The number of nitrogens with zero attached hydrogens (tertiary/aromatic N) is 1. The Labute approximate surface area is 183 Å². The zero-order chi connectivity index (χ0) is 21.8. The smallest absolute Gasteiger partial charge is 0.287 e. The van der Waals surface area contributed by atoms with Crippen molar-refractivity contribution in [1.82, 2.24) is 10.2 Å². The van der Waals surface area contributed by atoms with Crippen molar-refractivity contribution in [2.24, 2.45) is 0 Å². The van der Waals surface area contributed by atoms with Crippen LogP contribution in [0.25, 0.3) is 11.0 Å². The summed E-state index contributed by atoms with van der Waals surface area (Å²) in [6.45, 7) is 6.90. The summed E-state index contributed by atoms with van der Waals surface area (Å²) in [5.41, 5.74) is 2.73. The average molecular weight is 419 g/mol. The average Bonchev–Trinajstić information content (AvgIpc) is 2.80. The molecule has 0 saturated carbocycles. The molecule has 0 spiro atoms. The normalized spacial score (nSPS) is 15.8. The Balaban J connectivity index is 1.54. The molecule has 3 aromatic rings. The molecule has 1 aromatic heterocycles. The molecule has 5 heteroatoms. The van der Waals surface area contributed by atoms with Crippen LogP contribution in [0.4, 0.5) is 0 Å². The Kier molecular flexibility index (Phi) is 6.52. The first-order valence-electron chi connectivity index (χ1n) is 11.2. The van der Waals surface area contributed by atoms with Crippen molar-refractivity contribution >= 4 is 16.9 Å². The zero-order valence-corrected chi connectivity index (χ0v) is 18.3. The third-order valence-corrected chi connectivity index (χ3v) is 6.13. The van der Waals surface area contributed by atoms with Crippen LogP contribution >= 0.6 is 0 Å². The molecular weight excluding hydrogens is 388 g/mol. The van der Waals surface area contributed by atoms with E-state index in [-0.39, 0.29) is 23.1 Å². The molecule has 162 valence electrons. The van der Waals surface area contributed by atoms with Crippen LogP contribution in [0.15, 0.2) is 63.8 Å². The third-order valence-electron chi connectivity index (χ3n) is 6.13. The van der Waals surface area contributed by atoms with Crippen LogP contribution < -0.4 is 10.7 Å². The Morgan fingerprint density at radius 3 is 2.39 bits per heavy atom. The van der Waals surface area contributed by atoms with Gasteiger partial charge >= 0.3 is 0 Å². The quantitative estimate of drug-likeness (QED) is 0.620. The highest BCUT2D eigenvalue weighted by Crippen LogP contribution is 2.26. The Morgan fingerprint density at radius 2 is 1.68 bits per heavy atom. The van der Waals surface area contributed by atoms with E-state index in [0.717, 1.165) is 13.1 Å². The molecule has 1 N–H and O–H groups in total. The number of benzene rings is 2. The summed E-state index contributed by atoms with van der Waals surface area (Å²) in [5, 5.41) is 3.49. The summed E-state index contributed by atoms with van der Waals surface area (Å²) in [6.07, 6.45) is 3.60. The van der Waals surface area contributed by atoms with Gasteiger partial charge in [-0.3, -0.25) is 14.5 Å². The molecule has 0 unspecified atom stereocenters. The number of carbonyl (C=O) groups excluding carboxylic acids is 1. The van der Waals surface area contributed by atoms with Gasteiger partial charge in [0.1, 0.15) is 5.58 Å². The number of hydrogen-bond acceptors (Lipinski definition) is 4. The molecule has 4 rings (SSSR count). The van der Waals surface area contributed by atoms with Gasteiger partial charge in [-0.15, -0.1) is 0 Å². The van der Waals surface area contributed by atoms with Crippen LogP contribution in [-0.2, 0) is 0 Å². The third kappa shape index (κ3) is 4.88. The minimum Gasteiger partial charge on any atom is -0.451 e. The Bertz CT molecular complexity index is 1100. The maximum atomic E-state index is 12.8. The molecule has 2 heterocycles. The highest BCUT2D eigenvalue weighted by atomic mass is 16.3. The number of amides is 1. The van der Waals surface area contributed by atoms with Crippen LogP contribution in [0.3, 0.4) is 0 Å². The van der Waals surface area contributed by atoms with Crippen molar-refractivity contribution in [2.75, 3.05) is 19.6 Å². The number of piperidine rings is 1. The van der Waals surface area contributed by atoms with E-state index in [0.29, 0.717) is 23.4 Å². The van der Waals surface area contributed by atoms with E-state index in [1.54, 1.807) is 24.3 Å². The van der Waals surface area contributed by atoms with Crippen LogP contribution in [0.5, 0.6) is 0 Å². The van der Waals surface area contributed by atoms with E-state index in [2.05, 4.69) is 48.3 Å². The zero-order valence-electron chi connectivity index (χ0n) is 18.3. The number of fused-ring (bicyclic) bond motifs is 1. The summed E-state index contributed by atoms with van der Waals surface area (Å²) >= 11 is 0. The van der Waals surface area contributed by atoms with Gasteiger partial charge < -0.3 is 9.73 Å². The molecule has 0 bridgehead atoms. The van der Waals surface area contributed by atoms with Crippen LogP contribution in [-0.4, -0.2) is 30.4 Å². The maximum Gasteiger partial charge on any atom is 0.287 e. The largest absolute Gasteiger partial charge is 0.451 e. The predicted molar refractivity (Wildman–Crippen MR) is 124 cm³/mol. The fourth-order valence-corrected chi connectivity index (χ4v) is 4.28. The van der Waals surface area contributed by atoms with Crippen molar-refractivity contribution in [3.8, 4) is 0 Å². The SMILES string of the molecule is CC(C)c1ccc([C@H](CNC(=O)c2cc(=O)c3ccccc3o2)N2CCCCC2)cc1. The van der Waals surface area contributed by atoms with E-state index < -0.39 is 0 Å². The number of rotatable bonds is 6. The highest BCUT2D eigenvalue weighted by molar-refractivity contribution is 5.93. The van der Waals surface area contributed by atoms with Gasteiger partial charge in [-0.25, -0.2) is 0 Å². The van der Waals surface area contributed by atoms with Crippen molar-refractivity contribution < 1.29 is 9.21 Å². The first kappa shape index (κ1) is 21.3. The lowest BCUT2D eigenvalue weighted by Gasteiger charge is -2.35. The second-order valence-corrected chi connectivity index (χ2v) is 8.61. The van der Waals surface area contributed by atoms with Crippen LogP contribution in [0.2, 0.25) is 0 Å². The van der Waals surface area contributed by atoms with Crippen molar-refractivity contribution in [2.45, 2.75) is 45.1 Å². The minimum absolute atomic E-state index is 0.0521. The molecule has 1 saturated heterocycles. The molecule has 31 heavy (non-hydrogen) atoms. The molecule has 1 amide bonds.